The van der Waals surface area contributed by atoms with Gasteiger partial charge in [0.15, 0.2) is 0 Å². The largest absolute Gasteiger partial charge is 0.375 e. The lowest BCUT2D eigenvalue weighted by molar-refractivity contribution is 0.131. The molecule has 4 rings (SSSR count). The normalized spacial score (nSPS) is 11.4. The van der Waals surface area contributed by atoms with Gasteiger partial charge in [-0.1, -0.05) is 33.8 Å². The zero-order valence-corrected chi connectivity index (χ0v) is 21.1. The Morgan fingerprint density at radius 3 is 1.11 bits per heavy atom. The Balaban J connectivity index is 1.53. The van der Waals surface area contributed by atoms with E-state index in [0.717, 1.165) is 33.8 Å². The van der Waals surface area contributed by atoms with Crippen LogP contribution in [0.2, 0.25) is 0 Å². The van der Waals surface area contributed by atoms with Crippen molar-refractivity contribution < 1.29 is 14.2 Å². The van der Waals surface area contributed by atoms with Crippen LogP contribution in [0.15, 0.2) is 36.8 Å². The average molecular weight is 496 g/mol. The minimum atomic E-state index is 0.453. The Kier molecular flexibility index (Phi) is 9.25. The van der Waals surface area contributed by atoms with Gasteiger partial charge in [0.05, 0.1) is 58.0 Å². The fraction of sp³-hybridized carbons (Fsp3) is 0.500. The molecule has 0 aliphatic rings. The summed E-state index contributed by atoms with van der Waals surface area (Å²) in [5, 5.41) is 25.4. The quantitative estimate of drug-likeness (QED) is 0.244. The van der Waals surface area contributed by atoms with Crippen molar-refractivity contribution in [1.82, 2.24) is 45.0 Å². The van der Waals surface area contributed by atoms with Crippen LogP contribution in [0.1, 0.15) is 54.5 Å². The van der Waals surface area contributed by atoms with E-state index >= 15 is 0 Å². The molecule has 0 amide bonds. The predicted molar refractivity (Wildman–Crippen MR) is 130 cm³/mol. The third-order valence-corrected chi connectivity index (χ3v) is 5.27. The van der Waals surface area contributed by atoms with Gasteiger partial charge in [0, 0.05) is 19.8 Å². The Hall–Kier alpha value is -3.48. The smallest absolute Gasteiger partial charge is 0.108 e. The molecule has 0 saturated carbocycles. The van der Waals surface area contributed by atoms with Crippen LogP contribution in [0.25, 0.3) is 0 Å². The molecule has 0 fully saturated rings. The van der Waals surface area contributed by atoms with E-state index in [1.165, 1.54) is 0 Å². The number of ether oxygens (including phenoxy) is 3. The maximum Gasteiger partial charge on any atom is 0.108 e. The summed E-state index contributed by atoms with van der Waals surface area (Å²) in [6, 6.07) is 6.46. The van der Waals surface area contributed by atoms with Crippen molar-refractivity contribution in [3.05, 3.63) is 70.6 Å². The van der Waals surface area contributed by atoms with Crippen LogP contribution in [-0.4, -0.2) is 64.8 Å². The third kappa shape index (κ3) is 7.51. The maximum absolute atomic E-state index is 5.44. The SMILES string of the molecule is CCOCc1cn(Cc2cc(Cn3cc(COCC)nn3)cc(Cn3cc(COCC)nn3)c2)nn1. The number of hydrogen-bond donors (Lipinski definition) is 0. The second-order valence-electron chi connectivity index (χ2n) is 8.29. The number of hydrogen-bond acceptors (Lipinski definition) is 9. The van der Waals surface area contributed by atoms with Crippen LogP contribution in [0.5, 0.6) is 0 Å². The number of aromatic nitrogens is 9. The van der Waals surface area contributed by atoms with E-state index in [9.17, 15) is 0 Å². The van der Waals surface area contributed by atoms with E-state index < -0.39 is 0 Å². The number of rotatable bonds is 15. The van der Waals surface area contributed by atoms with Gasteiger partial charge in [-0.15, -0.1) is 15.3 Å². The summed E-state index contributed by atoms with van der Waals surface area (Å²) in [6.45, 7) is 10.9. The Morgan fingerprint density at radius 2 is 0.833 bits per heavy atom. The van der Waals surface area contributed by atoms with Gasteiger partial charge >= 0.3 is 0 Å². The standard InChI is InChI=1S/C24H33N9O3/c1-4-34-16-22-13-31(28-25-22)10-19-7-20(11-32-14-23(26-29-32)17-35-5-2)9-21(8-19)12-33-15-24(27-30-33)18-36-6-3/h7-9,13-15H,4-6,10-12,16-18H2,1-3H3. The summed E-state index contributed by atoms with van der Waals surface area (Å²) >= 11 is 0. The molecule has 0 atom stereocenters. The molecule has 0 unspecified atom stereocenters. The summed E-state index contributed by atoms with van der Waals surface area (Å²) in [5.41, 5.74) is 5.71. The zero-order chi connectivity index (χ0) is 25.2. The van der Waals surface area contributed by atoms with E-state index in [0.29, 0.717) is 59.3 Å². The van der Waals surface area contributed by atoms with Crippen molar-refractivity contribution >= 4 is 0 Å². The van der Waals surface area contributed by atoms with Gasteiger partial charge in [-0.05, 0) is 37.5 Å². The van der Waals surface area contributed by atoms with Crippen molar-refractivity contribution in [2.24, 2.45) is 0 Å². The van der Waals surface area contributed by atoms with Crippen LogP contribution < -0.4 is 0 Å². The lowest BCUT2D eigenvalue weighted by atomic mass is 10.1. The van der Waals surface area contributed by atoms with Gasteiger partial charge in [-0.3, -0.25) is 0 Å². The van der Waals surface area contributed by atoms with Crippen molar-refractivity contribution in [3.63, 3.8) is 0 Å². The summed E-state index contributed by atoms with van der Waals surface area (Å²) in [4.78, 5) is 0. The first kappa shape index (κ1) is 25.6. The second kappa shape index (κ2) is 13.0. The highest BCUT2D eigenvalue weighted by Gasteiger charge is 2.09. The molecule has 0 bridgehead atoms. The first-order chi connectivity index (χ1) is 17.6. The molecule has 12 nitrogen and oxygen atoms in total. The predicted octanol–water partition coefficient (Wildman–Crippen LogP) is 2.22. The summed E-state index contributed by atoms with van der Waals surface area (Å²) in [7, 11) is 0. The van der Waals surface area contributed by atoms with E-state index in [1.54, 1.807) is 0 Å². The highest BCUT2D eigenvalue weighted by atomic mass is 16.5. The lowest BCUT2D eigenvalue weighted by Crippen LogP contribution is -2.07. The van der Waals surface area contributed by atoms with E-state index in [1.807, 2.05) is 53.4 Å². The molecule has 4 aromatic rings. The average Bonchev–Trinajstić information content (AvgIpc) is 3.62. The monoisotopic (exact) mass is 495 g/mol. The summed E-state index contributed by atoms with van der Waals surface area (Å²) in [5.74, 6) is 0. The fourth-order valence-electron chi connectivity index (χ4n) is 3.74. The molecule has 0 radical (unpaired) electrons. The van der Waals surface area contributed by atoms with Gasteiger partial charge in [0.25, 0.3) is 0 Å². The Morgan fingerprint density at radius 1 is 0.528 bits per heavy atom. The van der Waals surface area contributed by atoms with Crippen LogP contribution in [-0.2, 0) is 53.7 Å². The second-order valence-corrected chi connectivity index (χ2v) is 8.29. The van der Waals surface area contributed by atoms with Crippen LogP contribution >= 0.6 is 0 Å². The van der Waals surface area contributed by atoms with Gasteiger partial charge in [-0.2, -0.15) is 0 Å². The van der Waals surface area contributed by atoms with Crippen LogP contribution in [0.4, 0.5) is 0 Å². The lowest BCUT2D eigenvalue weighted by Gasteiger charge is -2.10. The van der Waals surface area contributed by atoms with Crippen LogP contribution in [0.3, 0.4) is 0 Å². The number of nitrogens with zero attached hydrogens (tertiary/aromatic N) is 9. The molecular formula is C24H33N9O3. The van der Waals surface area contributed by atoms with Crippen molar-refractivity contribution in [2.45, 2.75) is 60.2 Å². The fourth-order valence-corrected chi connectivity index (χ4v) is 3.74. The molecule has 192 valence electrons. The molecule has 0 aliphatic carbocycles. The minimum Gasteiger partial charge on any atom is -0.375 e. The molecular weight excluding hydrogens is 462 g/mol. The van der Waals surface area contributed by atoms with Crippen LogP contribution in [0, 0.1) is 0 Å². The Labute approximate surface area is 210 Å². The molecule has 12 heteroatoms. The van der Waals surface area contributed by atoms with Gasteiger partial charge in [-0.25, -0.2) is 14.0 Å². The van der Waals surface area contributed by atoms with E-state index in [2.05, 4.69) is 49.1 Å². The molecule has 0 aliphatic heterocycles. The molecule has 0 saturated heterocycles. The third-order valence-electron chi connectivity index (χ3n) is 5.27. The molecule has 0 N–H and O–H groups in total. The summed E-state index contributed by atoms with van der Waals surface area (Å²) < 4.78 is 21.8. The van der Waals surface area contributed by atoms with E-state index in [-0.39, 0.29) is 0 Å². The van der Waals surface area contributed by atoms with Gasteiger partial charge < -0.3 is 14.2 Å². The first-order valence-electron chi connectivity index (χ1n) is 12.2. The van der Waals surface area contributed by atoms with Gasteiger partial charge in [0.1, 0.15) is 17.1 Å². The molecule has 1 aromatic carbocycles. The number of benzene rings is 1. The highest BCUT2D eigenvalue weighted by molar-refractivity contribution is 5.31. The molecule has 36 heavy (non-hydrogen) atoms. The van der Waals surface area contributed by atoms with Crippen molar-refractivity contribution in [2.75, 3.05) is 19.8 Å². The maximum atomic E-state index is 5.44. The zero-order valence-electron chi connectivity index (χ0n) is 21.1. The first-order valence-corrected chi connectivity index (χ1v) is 12.2. The molecule has 3 heterocycles. The van der Waals surface area contributed by atoms with E-state index in [4.69, 9.17) is 14.2 Å². The molecule has 0 spiro atoms. The highest BCUT2D eigenvalue weighted by Crippen LogP contribution is 2.15. The topological polar surface area (TPSA) is 120 Å². The Bertz CT molecular complexity index is 1060. The molecule has 3 aromatic heterocycles. The van der Waals surface area contributed by atoms with Crippen molar-refractivity contribution in [3.8, 4) is 0 Å². The van der Waals surface area contributed by atoms with Gasteiger partial charge in [0.2, 0.25) is 0 Å². The van der Waals surface area contributed by atoms with Crippen molar-refractivity contribution in [1.29, 1.82) is 0 Å². The summed E-state index contributed by atoms with van der Waals surface area (Å²) in [6.07, 6.45) is 5.74. The minimum absolute atomic E-state index is 0.453.